The van der Waals surface area contributed by atoms with Gasteiger partial charge in [-0.3, -0.25) is 4.99 Å². The summed E-state index contributed by atoms with van der Waals surface area (Å²) in [4.78, 5) is 7.80. The number of guanidine groups is 1. The maximum atomic E-state index is 12.5. The van der Waals surface area contributed by atoms with Crippen LogP contribution in [0.25, 0.3) is 0 Å². The summed E-state index contributed by atoms with van der Waals surface area (Å²) in [7, 11) is 3.40. The molecule has 0 bridgehead atoms. The van der Waals surface area contributed by atoms with Crippen LogP contribution < -0.4 is 10.6 Å². The van der Waals surface area contributed by atoms with Crippen molar-refractivity contribution < 1.29 is 17.9 Å². The Labute approximate surface area is 173 Å². The van der Waals surface area contributed by atoms with E-state index in [2.05, 4.69) is 20.6 Å². The maximum Gasteiger partial charge on any atom is 0.434 e. The van der Waals surface area contributed by atoms with E-state index in [1.54, 1.807) is 14.2 Å². The number of rotatable bonds is 8. The van der Waals surface area contributed by atoms with Gasteiger partial charge in [0.05, 0.1) is 5.01 Å². The molecular formula is C16H26F3IN4OS. The van der Waals surface area contributed by atoms with E-state index < -0.39 is 11.9 Å². The fraction of sp³-hybridized carbons (Fsp3) is 0.750. The summed E-state index contributed by atoms with van der Waals surface area (Å²) < 4.78 is 42.8. The second kappa shape index (κ2) is 10.6. The minimum absolute atomic E-state index is 0. The van der Waals surface area contributed by atoms with Crippen molar-refractivity contribution in [2.75, 3.05) is 33.9 Å². The molecule has 1 saturated carbocycles. The van der Waals surface area contributed by atoms with Gasteiger partial charge in [-0.15, -0.1) is 35.3 Å². The predicted octanol–water partition coefficient (Wildman–Crippen LogP) is 3.69. The van der Waals surface area contributed by atoms with E-state index in [0.717, 1.165) is 36.3 Å². The molecule has 1 heterocycles. The van der Waals surface area contributed by atoms with Crippen LogP contribution in [0, 0.1) is 5.41 Å². The summed E-state index contributed by atoms with van der Waals surface area (Å²) in [6.07, 6.45) is 0.671. The highest BCUT2D eigenvalue weighted by Gasteiger charge is 2.36. The van der Waals surface area contributed by atoms with E-state index in [4.69, 9.17) is 4.74 Å². The number of nitrogens with one attached hydrogen (secondary N) is 2. The van der Waals surface area contributed by atoms with Crippen LogP contribution in [0.15, 0.2) is 10.4 Å². The summed E-state index contributed by atoms with van der Waals surface area (Å²) in [6, 6.07) is 0. The van der Waals surface area contributed by atoms with Gasteiger partial charge in [0, 0.05) is 45.7 Å². The lowest BCUT2D eigenvalue weighted by Crippen LogP contribution is -2.47. The minimum Gasteiger partial charge on any atom is -0.385 e. The Bertz CT molecular complexity index is 576. The van der Waals surface area contributed by atoms with Gasteiger partial charge in [-0.25, -0.2) is 4.98 Å². The average Bonchev–Trinajstić information content (AvgIpc) is 3.01. The molecule has 150 valence electrons. The van der Waals surface area contributed by atoms with Crippen molar-refractivity contribution in [1.82, 2.24) is 15.6 Å². The summed E-state index contributed by atoms with van der Waals surface area (Å²) in [6.45, 7) is 2.06. The third-order valence-corrected chi connectivity index (χ3v) is 5.49. The number of hydrogen-bond donors (Lipinski definition) is 2. The lowest BCUT2D eigenvalue weighted by Gasteiger charge is -2.42. The van der Waals surface area contributed by atoms with E-state index in [1.165, 1.54) is 19.3 Å². The molecule has 0 radical (unpaired) electrons. The maximum absolute atomic E-state index is 12.5. The fourth-order valence-electron chi connectivity index (χ4n) is 2.85. The molecule has 0 aromatic carbocycles. The van der Waals surface area contributed by atoms with Crippen LogP contribution in [0.2, 0.25) is 0 Å². The number of aromatic nitrogens is 1. The van der Waals surface area contributed by atoms with E-state index >= 15 is 0 Å². The molecule has 0 atom stereocenters. The first kappa shape index (κ1) is 23.4. The van der Waals surface area contributed by atoms with Crippen molar-refractivity contribution in [1.29, 1.82) is 0 Å². The van der Waals surface area contributed by atoms with Crippen LogP contribution in [0.4, 0.5) is 13.2 Å². The van der Waals surface area contributed by atoms with Gasteiger partial charge in [-0.2, -0.15) is 13.2 Å². The quantitative estimate of drug-likeness (QED) is 0.321. The van der Waals surface area contributed by atoms with Gasteiger partial charge in [-0.05, 0) is 24.7 Å². The summed E-state index contributed by atoms with van der Waals surface area (Å²) in [5, 5.41) is 7.98. The average molecular weight is 506 g/mol. The first-order chi connectivity index (χ1) is 11.9. The van der Waals surface area contributed by atoms with Crippen LogP contribution in [-0.4, -0.2) is 44.8 Å². The van der Waals surface area contributed by atoms with E-state index in [1.807, 2.05) is 0 Å². The number of aliphatic imine (C=N–C) groups is 1. The number of halogens is 4. The SMILES string of the molecule is CN=C(NCCc1nc(C(F)(F)F)cs1)NCC1(CCOC)CCC1.I. The third kappa shape index (κ3) is 6.84. The van der Waals surface area contributed by atoms with Crippen LogP contribution in [0.3, 0.4) is 0 Å². The van der Waals surface area contributed by atoms with Crippen LogP contribution in [-0.2, 0) is 17.3 Å². The topological polar surface area (TPSA) is 58.5 Å². The van der Waals surface area contributed by atoms with Crippen LogP contribution in [0.1, 0.15) is 36.4 Å². The number of methoxy groups -OCH3 is 1. The van der Waals surface area contributed by atoms with E-state index in [-0.39, 0.29) is 29.4 Å². The second-order valence-electron chi connectivity index (χ2n) is 6.32. The molecule has 0 amide bonds. The molecule has 1 fully saturated rings. The highest BCUT2D eigenvalue weighted by Crippen LogP contribution is 2.43. The molecule has 0 saturated heterocycles. The van der Waals surface area contributed by atoms with E-state index in [9.17, 15) is 13.2 Å². The normalized spacial score (nSPS) is 16.6. The van der Waals surface area contributed by atoms with Gasteiger partial charge >= 0.3 is 6.18 Å². The Balaban J connectivity index is 0.00000338. The van der Waals surface area contributed by atoms with Gasteiger partial charge in [0.2, 0.25) is 0 Å². The monoisotopic (exact) mass is 506 g/mol. The fourth-order valence-corrected chi connectivity index (χ4v) is 3.65. The largest absolute Gasteiger partial charge is 0.434 e. The number of thiazole rings is 1. The number of ether oxygens (including phenoxy) is 1. The molecule has 0 unspecified atom stereocenters. The molecule has 1 aromatic rings. The third-order valence-electron chi connectivity index (χ3n) is 4.58. The molecule has 2 rings (SSSR count). The predicted molar refractivity (Wildman–Crippen MR) is 108 cm³/mol. The summed E-state index contributed by atoms with van der Waals surface area (Å²) in [5.74, 6) is 0.663. The molecule has 1 aliphatic carbocycles. The molecule has 0 aliphatic heterocycles. The summed E-state index contributed by atoms with van der Waals surface area (Å²) in [5.41, 5.74) is -0.551. The Morgan fingerprint density at radius 2 is 2.12 bits per heavy atom. The zero-order valence-electron chi connectivity index (χ0n) is 15.0. The van der Waals surface area contributed by atoms with Crippen LogP contribution >= 0.6 is 35.3 Å². The van der Waals surface area contributed by atoms with Gasteiger partial charge in [0.1, 0.15) is 0 Å². The first-order valence-electron chi connectivity index (χ1n) is 8.34. The van der Waals surface area contributed by atoms with Gasteiger partial charge in [-0.1, -0.05) is 6.42 Å². The second-order valence-corrected chi connectivity index (χ2v) is 7.27. The van der Waals surface area contributed by atoms with Gasteiger partial charge in [0.25, 0.3) is 0 Å². The summed E-state index contributed by atoms with van der Waals surface area (Å²) >= 11 is 1.03. The lowest BCUT2D eigenvalue weighted by atomic mass is 9.67. The van der Waals surface area contributed by atoms with Crippen molar-refractivity contribution in [2.24, 2.45) is 10.4 Å². The number of hydrogen-bond acceptors (Lipinski definition) is 4. The van der Waals surface area contributed by atoms with Gasteiger partial charge < -0.3 is 15.4 Å². The number of nitrogens with zero attached hydrogens (tertiary/aromatic N) is 2. The molecule has 26 heavy (non-hydrogen) atoms. The number of alkyl halides is 3. The van der Waals surface area contributed by atoms with E-state index in [0.29, 0.717) is 23.9 Å². The van der Waals surface area contributed by atoms with Crippen molar-refractivity contribution in [3.05, 3.63) is 16.1 Å². The first-order valence-corrected chi connectivity index (χ1v) is 9.21. The highest BCUT2D eigenvalue weighted by atomic mass is 127. The molecule has 0 spiro atoms. The Kier molecular flexibility index (Phi) is 9.59. The highest BCUT2D eigenvalue weighted by molar-refractivity contribution is 14.0. The zero-order chi connectivity index (χ0) is 18.3. The Hall–Kier alpha value is -0.620. The van der Waals surface area contributed by atoms with Crippen molar-refractivity contribution in [3.8, 4) is 0 Å². The molecule has 5 nitrogen and oxygen atoms in total. The van der Waals surface area contributed by atoms with Gasteiger partial charge in [0.15, 0.2) is 11.7 Å². The molecular weight excluding hydrogens is 480 g/mol. The molecule has 2 N–H and O–H groups in total. The smallest absolute Gasteiger partial charge is 0.385 e. The lowest BCUT2D eigenvalue weighted by molar-refractivity contribution is -0.140. The van der Waals surface area contributed by atoms with Crippen LogP contribution in [0.5, 0.6) is 0 Å². The Morgan fingerprint density at radius 3 is 2.62 bits per heavy atom. The zero-order valence-corrected chi connectivity index (χ0v) is 18.1. The molecule has 1 aliphatic rings. The Morgan fingerprint density at radius 1 is 1.38 bits per heavy atom. The standard InChI is InChI=1S/C16H25F3N4OS.HI/c1-20-14(22-11-15(5-3-6-15)7-9-24-2)21-8-4-13-23-12(10-25-13)16(17,18)19;/h10H,3-9,11H2,1-2H3,(H2,20,21,22);1H. The minimum atomic E-state index is -4.38. The van der Waals surface area contributed by atoms with Crippen molar-refractivity contribution in [2.45, 2.75) is 38.3 Å². The molecule has 1 aromatic heterocycles. The van der Waals surface area contributed by atoms with Crippen molar-refractivity contribution in [3.63, 3.8) is 0 Å². The molecule has 10 heteroatoms. The van der Waals surface area contributed by atoms with Crippen molar-refractivity contribution >= 4 is 41.3 Å².